The van der Waals surface area contributed by atoms with Crippen molar-refractivity contribution in [2.24, 2.45) is 5.73 Å². The summed E-state index contributed by atoms with van der Waals surface area (Å²) in [4.78, 5) is 26.2. The molecule has 1 aromatic heterocycles. The van der Waals surface area contributed by atoms with Crippen molar-refractivity contribution in [3.8, 4) is 6.07 Å². The summed E-state index contributed by atoms with van der Waals surface area (Å²) < 4.78 is 35.3. The number of fused-ring (bicyclic) bond motifs is 1. The average Bonchev–Trinajstić information content (AvgIpc) is 3.13. The zero-order valence-electron chi connectivity index (χ0n) is 17.2. The Balaban J connectivity index is 2.15. The van der Waals surface area contributed by atoms with Crippen molar-refractivity contribution in [1.82, 2.24) is 4.57 Å². The molecular formula is C23H13Br2F2N3O3S. The molecule has 172 valence electrons. The van der Waals surface area contributed by atoms with Crippen LogP contribution in [0.4, 0.5) is 8.78 Å². The van der Waals surface area contributed by atoms with E-state index in [9.17, 15) is 23.6 Å². The average molecular weight is 609 g/mol. The number of ether oxygens (including phenoxy) is 1. The topological polar surface area (TPSA) is 98.1 Å². The third kappa shape index (κ3) is 4.02. The number of benzene rings is 2. The Morgan fingerprint density at radius 2 is 2.00 bits per heavy atom. The number of carbonyl (C=O) groups is 1. The number of methoxy groups -OCH3 is 1. The molecule has 0 aliphatic carbocycles. The number of nitriles is 1. The number of aromatic nitrogens is 1. The van der Waals surface area contributed by atoms with E-state index in [1.807, 2.05) is 6.07 Å². The van der Waals surface area contributed by atoms with Crippen LogP contribution in [0.25, 0.3) is 17.5 Å². The fourth-order valence-corrected chi connectivity index (χ4v) is 5.68. The summed E-state index contributed by atoms with van der Waals surface area (Å²) in [5, 5.41) is 9.96. The molecule has 1 unspecified atom stereocenters. The highest BCUT2D eigenvalue weighted by Crippen LogP contribution is 2.40. The van der Waals surface area contributed by atoms with Gasteiger partial charge >= 0.3 is 5.97 Å². The van der Waals surface area contributed by atoms with Gasteiger partial charge < -0.3 is 10.5 Å². The van der Waals surface area contributed by atoms with Gasteiger partial charge in [0.25, 0.3) is 5.56 Å². The molecule has 11 heteroatoms. The Hall–Kier alpha value is -3.07. The van der Waals surface area contributed by atoms with Gasteiger partial charge in [-0.1, -0.05) is 31.9 Å². The van der Waals surface area contributed by atoms with Crippen LogP contribution >= 0.6 is 43.2 Å². The number of hydrogen-bond donors (Lipinski definition) is 1. The van der Waals surface area contributed by atoms with Crippen molar-refractivity contribution in [2.75, 3.05) is 7.11 Å². The highest BCUT2D eigenvalue weighted by Gasteiger charge is 2.37. The number of nitrogens with two attached hydrogens (primary N) is 1. The van der Waals surface area contributed by atoms with Gasteiger partial charge in [-0.3, -0.25) is 9.36 Å². The summed E-state index contributed by atoms with van der Waals surface area (Å²) >= 11 is 7.71. The lowest BCUT2D eigenvalue weighted by Gasteiger charge is -2.25. The normalized spacial score (nSPS) is 15.8. The van der Waals surface area contributed by atoms with Crippen LogP contribution in [0, 0.1) is 23.0 Å². The number of hydrogen-bond acceptors (Lipinski definition) is 6. The number of carbonyl (C=O) groups excluding carboxylic acids is 1. The van der Waals surface area contributed by atoms with Crippen molar-refractivity contribution in [1.29, 1.82) is 5.26 Å². The van der Waals surface area contributed by atoms with Crippen LogP contribution in [-0.2, 0) is 9.53 Å². The van der Waals surface area contributed by atoms with Gasteiger partial charge in [-0.05, 0) is 48.0 Å². The molecule has 4 rings (SSSR count). The number of nitrogens with zero attached hydrogens (tertiary/aromatic N) is 2. The first-order valence-corrected chi connectivity index (χ1v) is 11.9. The quantitative estimate of drug-likeness (QED) is 0.460. The smallest absolute Gasteiger partial charge is 0.337 e. The first-order chi connectivity index (χ1) is 16.2. The van der Waals surface area contributed by atoms with Crippen molar-refractivity contribution in [3.05, 3.63) is 93.2 Å². The van der Waals surface area contributed by atoms with Gasteiger partial charge in [0.15, 0.2) is 0 Å². The maximum atomic E-state index is 14.2. The third-order valence-corrected chi connectivity index (χ3v) is 7.51. The molecule has 0 radical (unpaired) electrons. The summed E-state index contributed by atoms with van der Waals surface area (Å²) in [6.45, 7) is 0. The first-order valence-electron chi connectivity index (χ1n) is 9.54. The second-order valence-corrected chi connectivity index (χ2v) is 9.94. The Labute approximate surface area is 212 Å². The number of thiazole rings is 1. The molecule has 2 aromatic carbocycles. The molecule has 0 saturated carbocycles. The van der Waals surface area contributed by atoms with E-state index < -0.39 is 29.1 Å². The minimum absolute atomic E-state index is 0.00454. The molecule has 2 N–H and O–H groups in total. The predicted molar refractivity (Wildman–Crippen MR) is 131 cm³/mol. The Bertz CT molecular complexity index is 1620. The van der Waals surface area contributed by atoms with Crippen LogP contribution in [0.2, 0.25) is 0 Å². The van der Waals surface area contributed by atoms with Gasteiger partial charge in [0.1, 0.15) is 22.1 Å². The van der Waals surface area contributed by atoms with Crippen molar-refractivity contribution < 1.29 is 18.3 Å². The number of halogens is 4. The highest BCUT2D eigenvalue weighted by atomic mass is 79.9. The van der Waals surface area contributed by atoms with E-state index in [0.29, 0.717) is 14.5 Å². The second-order valence-electron chi connectivity index (χ2n) is 7.14. The van der Waals surface area contributed by atoms with E-state index in [2.05, 4.69) is 31.9 Å². The van der Waals surface area contributed by atoms with Gasteiger partial charge in [0, 0.05) is 14.5 Å². The Morgan fingerprint density at radius 1 is 1.26 bits per heavy atom. The summed E-state index contributed by atoms with van der Waals surface area (Å²) in [6, 6.07) is 10.1. The number of rotatable bonds is 3. The first kappa shape index (κ1) is 24.1. The number of esters is 1. The molecule has 0 fully saturated rings. The molecule has 0 bridgehead atoms. The zero-order valence-corrected chi connectivity index (χ0v) is 21.2. The molecule has 34 heavy (non-hydrogen) atoms. The minimum atomic E-state index is -0.943. The summed E-state index contributed by atoms with van der Waals surface area (Å²) in [5.41, 5.74) is 5.98. The molecule has 3 aromatic rings. The van der Waals surface area contributed by atoms with E-state index in [0.717, 1.165) is 34.1 Å². The van der Waals surface area contributed by atoms with Crippen LogP contribution < -0.4 is 20.5 Å². The fourth-order valence-electron chi connectivity index (χ4n) is 3.67. The lowest BCUT2D eigenvalue weighted by molar-refractivity contribution is -0.134. The summed E-state index contributed by atoms with van der Waals surface area (Å²) in [6.07, 6.45) is 1.18. The molecule has 1 aliphatic rings. The van der Waals surface area contributed by atoms with Gasteiger partial charge in [0.05, 0.1) is 34.8 Å². The fraction of sp³-hybridized carbons (Fsp3) is 0.0870. The Kier molecular flexibility index (Phi) is 6.58. The van der Waals surface area contributed by atoms with E-state index in [1.54, 1.807) is 18.2 Å². The lowest BCUT2D eigenvalue weighted by atomic mass is 9.84. The monoisotopic (exact) mass is 607 g/mol. The molecule has 0 spiro atoms. The predicted octanol–water partition coefficient (Wildman–Crippen LogP) is 3.31. The second kappa shape index (κ2) is 9.29. The van der Waals surface area contributed by atoms with Gasteiger partial charge in [-0.2, -0.15) is 5.26 Å². The SMILES string of the molecule is COC(=O)C1=c2sc(=Cc3cc(F)ccc3F)c(=O)n2C(N)=C(C#N)C1c1cc(Br)ccc1Br. The minimum Gasteiger partial charge on any atom is -0.466 e. The molecule has 0 amide bonds. The van der Waals surface area contributed by atoms with E-state index in [4.69, 9.17) is 10.5 Å². The van der Waals surface area contributed by atoms with Gasteiger partial charge in [0.2, 0.25) is 0 Å². The van der Waals surface area contributed by atoms with Gasteiger partial charge in [-0.25, -0.2) is 13.6 Å². The van der Waals surface area contributed by atoms with Crippen molar-refractivity contribution in [2.45, 2.75) is 5.92 Å². The lowest BCUT2D eigenvalue weighted by Crippen LogP contribution is -2.40. The van der Waals surface area contributed by atoms with Crippen LogP contribution in [0.15, 0.2) is 55.7 Å². The maximum absolute atomic E-state index is 14.2. The van der Waals surface area contributed by atoms with Crippen LogP contribution in [0.1, 0.15) is 17.0 Å². The molecule has 2 heterocycles. The van der Waals surface area contributed by atoms with Gasteiger partial charge in [-0.15, -0.1) is 11.3 Å². The molecule has 6 nitrogen and oxygen atoms in total. The van der Waals surface area contributed by atoms with Crippen LogP contribution in [0.3, 0.4) is 0 Å². The Morgan fingerprint density at radius 3 is 2.68 bits per heavy atom. The standard InChI is InChI=1S/C23H13Br2F2N3O3S/c1-33-23(32)19-18(13-8-11(24)2-4-15(13)25)14(9-28)20(29)30-21(31)17(34-22(19)30)7-10-6-12(26)3-5-16(10)27/h2-8,18H,29H2,1H3. The zero-order chi connectivity index (χ0) is 24.7. The van der Waals surface area contributed by atoms with E-state index >= 15 is 0 Å². The van der Waals surface area contributed by atoms with Crippen LogP contribution in [-0.4, -0.2) is 17.6 Å². The highest BCUT2D eigenvalue weighted by molar-refractivity contribution is 9.11. The van der Waals surface area contributed by atoms with E-state index in [-0.39, 0.29) is 31.7 Å². The van der Waals surface area contributed by atoms with Crippen molar-refractivity contribution in [3.63, 3.8) is 0 Å². The summed E-state index contributed by atoms with van der Waals surface area (Å²) in [7, 11) is 1.18. The van der Waals surface area contributed by atoms with E-state index in [1.165, 1.54) is 13.2 Å². The molecule has 1 atom stereocenters. The molecular weight excluding hydrogens is 596 g/mol. The molecule has 0 saturated heterocycles. The third-order valence-electron chi connectivity index (χ3n) is 5.19. The molecule has 1 aliphatic heterocycles. The van der Waals surface area contributed by atoms with Crippen LogP contribution in [0.5, 0.6) is 0 Å². The number of allylic oxidation sites excluding steroid dienone is 1. The summed E-state index contributed by atoms with van der Waals surface area (Å²) in [5.74, 6) is -3.28. The maximum Gasteiger partial charge on any atom is 0.337 e. The van der Waals surface area contributed by atoms with Crippen molar-refractivity contribution >= 4 is 66.6 Å². The largest absolute Gasteiger partial charge is 0.466 e.